The van der Waals surface area contributed by atoms with E-state index in [4.69, 9.17) is 14.2 Å². The molecule has 6 aromatic rings. The molecule has 1 aliphatic heterocycles. The minimum Gasteiger partial charge on any atom is -0.507 e. The van der Waals surface area contributed by atoms with E-state index in [1.807, 2.05) is 54.6 Å². The maximum Gasteiger partial charge on any atom is 0.266 e. The number of hydrogen-bond donors (Lipinski definition) is 2. The van der Waals surface area contributed by atoms with Gasteiger partial charge in [-0.2, -0.15) is 0 Å². The zero-order valence-electron chi connectivity index (χ0n) is 20.5. The summed E-state index contributed by atoms with van der Waals surface area (Å²) in [5.41, 5.74) is 1.76. The number of phenolic OH excluding ortho intramolecular Hbond substituents is 2. The Morgan fingerprint density at radius 3 is 2.03 bits per heavy atom. The first-order valence-electron chi connectivity index (χ1n) is 12.3. The molecular formula is C32H20O6. The molecule has 38 heavy (non-hydrogen) atoms. The Labute approximate surface area is 216 Å². The third-order valence-corrected chi connectivity index (χ3v) is 8.10. The first-order chi connectivity index (χ1) is 18.5. The van der Waals surface area contributed by atoms with Gasteiger partial charge in [0.25, 0.3) is 5.79 Å². The number of ketones is 1. The molecule has 0 bridgehead atoms. The zero-order chi connectivity index (χ0) is 25.9. The maximum absolute atomic E-state index is 14.3. The van der Waals surface area contributed by atoms with Crippen LogP contribution >= 0.6 is 0 Å². The second kappa shape index (κ2) is 6.94. The van der Waals surface area contributed by atoms with Crippen LogP contribution in [0.15, 0.2) is 72.8 Å². The van der Waals surface area contributed by atoms with E-state index in [-0.39, 0.29) is 22.8 Å². The van der Waals surface area contributed by atoms with Crippen LogP contribution in [0.4, 0.5) is 0 Å². The first kappa shape index (κ1) is 21.3. The molecule has 0 spiro atoms. The lowest BCUT2D eigenvalue weighted by Gasteiger charge is -2.35. The van der Waals surface area contributed by atoms with Crippen molar-refractivity contribution in [3.63, 3.8) is 0 Å². The highest BCUT2D eigenvalue weighted by atomic mass is 16.7. The second-order valence-electron chi connectivity index (χ2n) is 9.70. The number of benzene rings is 6. The van der Waals surface area contributed by atoms with Gasteiger partial charge in [-0.1, -0.05) is 72.8 Å². The Hall–Kier alpha value is -4.81. The van der Waals surface area contributed by atoms with Crippen molar-refractivity contribution in [2.45, 2.75) is 5.79 Å². The maximum atomic E-state index is 14.3. The number of fused-ring (bicyclic) bond motifs is 8. The van der Waals surface area contributed by atoms with E-state index < -0.39 is 5.79 Å². The molecule has 6 nitrogen and oxygen atoms in total. The van der Waals surface area contributed by atoms with E-state index in [9.17, 15) is 15.0 Å². The zero-order valence-corrected chi connectivity index (χ0v) is 20.5. The van der Waals surface area contributed by atoms with E-state index in [0.717, 1.165) is 0 Å². The summed E-state index contributed by atoms with van der Waals surface area (Å²) in [5.74, 6) is -0.796. The SMILES string of the molecule is COc1c2ccccc2c(O)c2c3c4c5c(c6ccccc6c(O)c5c12)OC4(OC)c1ccccc1C3=O. The fraction of sp³-hybridized carbons (Fsp3) is 0.0938. The van der Waals surface area contributed by atoms with Crippen molar-refractivity contribution in [1.82, 2.24) is 0 Å². The Morgan fingerprint density at radius 1 is 0.711 bits per heavy atom. The van der Waals surface area contributed by atoms with Crippen molar-refractivity contribution < 1.29 is 29.2 Å². The van der Waals surface area contributed by atoms with E-state index in [0.29, 0.717) is 71.3 Å². The molecule has 6 aromatic carbocycles. The molecule has 0 saturated heterocycles. The standard InChI is InChI=1S/C32H20O6/c1-36-30-17-11-5-3-9-15(17)27(33)21-23(30)22-25-26-24(21)29(35)19-13-7-8-14-20(19)32(26,37-2)38-31(25)18-12-6-4-10-16(18)28(22)34/h3-14,33-34H,1-2H3. The van der Waals surface area contributed by atoms with Crippen molar-refractivity contribution in [2.24, 2.45) is 0 Å². The lowest BCUT2D eigenvalue weighted by Crippen LogP contribution is -2.40. The topological polar surface area (TPSA) is 85.2 Å². The van der Waals surface area contributed by atoms with E-state index in [2.05, 4.69) is 0 Å². The summed E-state index contributed by atoms with van der Waals surface area (Å²) in [6.07, 6.45) is 0. The molecule has 0 saturated carbocycles. The van der Waals surface area contributed by atoms with Gasteiger partial charge < -0.3 is 24.4 Å². The van der Waals surface area contributed by atoms with Gasteiger partial charge >= 0.3 is 0 Å². The van der Waals surface area contributed by atoms with Crippen LogP contribution in [-0.2, 0) is 10.5 Å². The van der Waals surface area contributed by atoms with Crippen molar-refractivity contribution >= 4 is 48.9 Å². The Balaban J connectivity index is 1.78. The molecular weight excluding hydrogens is 480 g/mol. The summed E-state index contributed by atoms with van der Waals surface area (Å²) in [6.45, 7) is 0. The van der Waals surface area contributed by atoms with Gasteiger partial charge in [0.15, 0.2) is 5.78 Å². The summed E-state index contributed by atoms with van der Waals surface area (Å²) in [4.78, 5) is 14.3. The summed E-state index contributed by atoms with van der Waals surface area (Å²) in [6, 6.07) is 21.9. The van der Waals surface area contributed by atoms with E-state index in [1.54, 1.807) is 32.4 Å². The molecule has 1 atom stereocenters. The van der Waals surface area contributed by atoms with Gasteiger partial charge in [0, 0.05) is 66.9 Å². The predicted octanol–water partition coefficient (Wildman–Crippen LogP) is 6.50. The third kappa shape index (κ3) is 2.18. The molecule has 1 aliphatic carbocycles. The van der Waals surface area contributed by atoms with Gasteiger partial charge in [0.05, 0.1) is 12.7 Å². The lowest BCUT2D eigenvalue weighted by atomic mass is 9.75. The molecule has 0 fully saturated rings. The number of carbonyl (C=O) groups is 1. The highest BCUT2D eigenvalue weighted by Gasteiger charge is 2.54. The Bertz CT molecular complexity index is 2080. The summed E-state index contributed by atoms with van der Waals surface area (Å²) in [5, 5.41) is 27.9. The molecule has 2 N–H and O–H groups in total. The van der Waals surface area contributed by atoms with Gasteiger partial charge in [0.2, 0.25) is 0 Å². The molecule has 0 amide bonds. The van der Waals surface area contributed by atoms with Crippen LogP contribution in [0.3, 0.4) is 0 Å². The molecule has 2 aliphatic rings. The lowest BCUT2D eigenvalue weighted by molar-refractivity contribution is -0.130. The van der Waals surface area contributed by atoms with Crippen molar-refractivity contribution in [3.8, 4) is 23.0 Å². The summed E-state index contributed by atoms with van der Waals surface area (Å²) >= 11 is 0. The third-order valence-electron chi connectivity index (χ3n) is 8.10. The monoisotopic (exact) mass is 500 g/mol. The van der Waals surface area contributed by atoms with Crippen LogP contribution in [0.5, 0.6) is 23.0 Å². The molecule has 184 valence electrons. The van der Waals surface area contributed by atoms with E-state index >= 15 is 0 Å². The predicted molar refractivity (Wildman–Crippen MR) is 145 cm³/mol. The number of carbonyl (C=O) groups excluding carboxylic acids is 1. The van der Waals surface area contributed by atoms with Crippen LogP contribution in [0, 0.1) is 0 Å². The first-order valence-corrected chi connectivity index (χ1v) is 12.3. The summed E-state index contributed by atoms with van der Waals surface area (Å²) in [7, 11) is 3.09. The number of aromatic hydroxyl groups is 2. The van der Waals surface area contributed by atoms with Crippen LogP contribution in [0.1, 0.15) is 27.0 Å². The van der Waals surface area contributed by atoms with Gasteiger partial charge in [-0.15, -0.1) is 0 Å². The van der Waals surface area contributed by atoms with Gasteiger partial charge in [-0.25, -0.2) is 0 Å². The van der Waals surface area contributed by atoms with Crippen LogP contribution in [-0.4, -0.2) is 30.2 Å². The molecule has 0 aromatic heterocycles. The quantitative estimate of drug-likeness (QED) is 0.208. The average molecular weight is 501 g/mol. The second-order valence-corrected chi connectivity index (χ2v) is 9.70. The fourth-order valence-electron chi connectivity index (χ4n) is 6.61. The van der Waals surface area contributed by atoms with Crippen molar-refractivity contribution in [1.29, 1.82) is 0 Å². The number of ether oxygens (including phenoxy) is 3. The van der Waals surface area contributed by atoms with Crippen LogP contribution < -0.4 is 9.47 Å². The summed E-state index contributed by atoms with van der Waals surface area (Å²) < 4.78 is 18.9. The largest absolute Gasteiger partial charge is 0.507 e. The molecule has 8 rings (SSSR count). The smallest absolute Gasteiger partial charge is 0.266 e. The number of hydrogen-bond acceptors (Lipinski definition) is 6. The van der Waals surface area contributed by atoms with E-state index in [1.165, 1.54) is 0 Å². The highest BCUT2D eigenvalue weighted by molar-refractivity contribution is 6.35. The van der Waals surface area contributed by atoms with Crippen LogP contribution in [0.2, 0.25) is 0 Å². The molecule has 0 radical (unpaired) electrons. The van der Waals surface area contributed by atoms with Gasteiger partial charge in [0.1, 0.15) is 23.0 Å². The molecule has 1 heterocycles. The van der Waals surface area contributed by atoms with Gasteiger partial charge in [-0.05, 0) is 0 Å². The van der Waals surface area contributed by atoms with Crippen molar-refractivity contribution in [2.75, 3.05) is 14.2 Å². The normalized spacial score (nSPS) is 17.4. The molecule has 1 unspecified atom stereocenters. The van der Waals surface area contributed by atoms with Gasteiger partial charge in [-0.3, -0.25) is 4.79 Å². The van der Waals surface area contributed by atoms with Crippen molar-refractivity contribution in [3.05, 3.63) is 95.1 Å². The Morgan fingerprint density at radius 2 is 1.32 bits per heavy atom. The number of phenols is 2. The average Bonchev–Trinajstić information content (AvgIpc) is 3.32. The highest BCUT2D eigenvalue weighted by Crippen LogP contribution is 2.62. The minimum atomic E-state index is -1.45. The Kier molecular flexibility index (Phi) is 3.89. The van der Waals surface area contributed by atoms with Crippen LogP contribution in [0.25, 0.3) is 43.1 Å². The number of methoxy groups -OCH3 is 2. The molecule has 6 heteroatoms. The minimum absolute atomic E-state index is 0.0157. The number of rotatable bonds is 2. The fourth-order valence-corrected chi connectivity index (χ4v) is 6.61.